The van der Waals surface area contributed by atoms with Crippen molar-refractivity contribution < 1.29 is 13.9 Å². The third-order valence-corrected chi connectivity index (χ3v) is 3.51. The number of nitrogens with zero attached hydrogens (tertiary/aromatic N) is 2. The van der Waals surface area contributed by atoms with Gasteiger partial charge in [-0.25, -0.2) is 0 Å². The summed E-state index contributed by atoms with van der Waals surface area (Å²) in [4.78, 5) is 11.9. The molecule has 1 aromatic heterocycles. The monoisotopic (exact) mass is 321 g/mol. The van der Waals surface area contributed by atoms with Crippen molar-refractivity contribution in [2.75, 3.05) is 17.7 Å². The SMILES string of the molecule is CCOc1ccc(NC(=O)CSc2nnc(C(C)C)o2)cc1. The van der Waals surface area contributed by atoms with Crippen molar-refractivity contribution >= 4 is 23.4 Å². The van der Waals surface area contributed by atoms with Crippen LogP contribution in [0.15, 0.2) is 33.9 Å². The molecule has 1 heterocycles. The molecule has 0 fully saturated rings. The predicted molar refractivity (Wildman–Crippen MR) is 85.4 cm³/mol. The molecular weight excluding hydrogens is 302 g/mol. The van der Waals surface area contributed by atoms with Gasteiger partial charge in [-0.1, -0.05) is 25.6 Å². The minimum Gasteiger partial charge on any atom is -0.494 e. The van der Waals surface area contributed by atoms with Gasteiger partial charge in [-0.15, -0.1) is 10.2 Å². The van der Waals surface area contributed by atoms with Crippen molar-refractivity contribution in [3.05, 3.63) is 30.2 Å². The maximum absolute atomic E-state index is 11.9. The zero-order valence-corrected chi connectivity index (χ0v) is 13.6. The van der Waals surface area contributed by atoms with Gasteiger partial charge in [0, 0.05) is 11.6 Å². The van der Waals surface area contributed by atoms with E-state index in [1.54, 1.807) is 12.1 Å². The molecule has 0 spiro atoms. The average molecular weight is 321 g/mol. The van der Waals surface area contributed by atoms with E-state index in [1.165, 1.54) is 11.8 Å². The van der Waals surface area contributed by atoms with Gasteiger partial charge in [0.05, 0.1) is 12.4 Å². The summed E-state index contributed by atoms with van der Waals surface area (Å²) in [5.41, 5.74) is 0.724. The molecule has 0 radical (unpaired) electrons. The van der Waals surface area contributed by atoms with Crippen LogP contribution in [0.4, 0.5) is 5.69 Å². The van der Waals surface area contributed by atoms with E-state index in [-0.39, 0.29) is 17.6 Å². The van der Waals surface area contributed by atoms with Crippen LogP contribution in [0.2, 0.25) is 0 Å². The highest BCUT2D eigenvalue weighted by molar-refractivity contribution is 7.99. The molecule has 0 aliphatic carbocycles. The van der Waals surface area contributed by atoms with Gasteiger partial charge >= 0.3 is 0 Å². The van der Waals surface area contributed by atoms with E-state index < -0.39 is 0 Å². The first kappa shape index (κ1) is 16.4. The summed E-state index contributed by atoms with van der Waals surface area (Å²) < 4.78 is 10.8. The van der Waals surface area contributed by atoms with Gasteiger partial charge in [0.15, 0.2) is 0 Å². The first-order valence-corrected chi connectivity index (χ1v) is 8.06. The fourth-order valence-electron chi connectivity index (χ4n) is 1.64. The van der Waals surface area contributed by atoms with E-state index in [0.29, 0.717) is 17.7 Å². The number of hydrogen-bond donors (Lipinski definition) is 1. The lowest BCUT2D eigenvalue weighted by atomic mass is 10.2. The number of hydrogen-bond acceptors (Lipinski definition) is 6. The van der Waals surface area contributed by atoms with Gasteiger partial charge in [-0.2, -0.15) is 0 Å². The second kappa shape index (κ2) is 7.84. The van der Waals surface area contributed by atoms with Crippen LogP contribution < -0.4 is 10.1 Å². The van der Waals surface area contributed by atoms with Crippen LogP contribution >= 0.6 is 11.8 Å². The van der Waals surface area contributed by atoms with Gasteiger partial charge in [-0.3, -0.25) is 4.79 Å². The van der Waals surface area contributed by atoms with Gasteiger partial charge < -0.3 is 14.5 Å². The number of rotatable bonds is 7. The molecule has 0 saturated carbocycles. The topological polar surface area (TPSA) is 77.2 Å². The van der Waals surface area contributed by atoms with Crippen molar-refractivity contribution in [2.24, 2.45) is 0 Å². The van der Waals surface area contributed by atoms with Crippen LogP contribution in [0.25, 0.3) is 0 Å². The van der Waals surface area contributed by atoms with Gasteiger partial charge in [-0.05, 0) is 31.2 Å². The van der Waals surface area contributed by atoms with E-state index in [0.717, 1.165) is 11.4 Å². The Hall–Kier alpha value is -2.02. The van der Waals surface area contributed by atoms with E-state index in [2.05, 4.69) is 15.5 Å². The van der Waals surface area contributed by atoms with E-state index in [9.17, 15) is 4.79 Å². The summed E-state index contributed by atoms with van der Waals surface area (Å²) in [5, 5.41) is 11.0. The Bertz CT molecular complexity index is 611. The summed E-state index contributed by atoms with van der Waals surface area (Å²) in [6.07, 6.45) is 0. The predicted octanol–water partition coefficient (Wildman–Crippen LogP) is 3.32. The van der Waals surface area contributed by atoms with E-state index in [4.69, 9.17) is 9.15 Å². The molecule has 7 heteroatoms. The molecule has 0 aliphatic heterocycles. The third kappa shape index (κ3) is 4.77. The Morgan fingerprint density at radius 3 is 2.64 bits per heavy atom. The number of nitrogens with one attached hydrogen (secondary N) is 1. The van der Waals surface area contributed by atoms with Crippen LogP contribution in [0, 0.1) is 0 Å². The van der Waals surface area contributed by atoms with Gasteiger partial charge in [0.2, 0.25) is 11.8 Å². The van der Waals surface area contributed by atoms with Crippen molar-refractivity contribution in [3.63, 3.8) is 0 Å². The summed E-state index contributed by atoms with van der Waals surface area (Å²) >= 11 is 1.22. The second-order valence-corrected chi connectivity index (χ2v) is 5.78. The number of thioether (sulfide) groups is 1. The molecule has 2 aromatic rings. The summed E-state index contributed by atoms with van der Waals surface area (Å²) in [7, 11) is 0. The lowest BCUT2D eigenvalue weighted by Gasteiger charge is -2.06. The molecule has 0 atom stereocenters. The maximum Gasteiger partial charge on any atom is 0.277 e. The molecule has 1 aromatic carbocycles. The molecule has 2 rings (SSSR count). The first-order valence-electron chi connectivity index (χ1n) is 7.07. The van der Waals surface area contributed by atoms with Crippen LogP contribution in [0.5, 0.6) is 5.75 Å². The molecule has 118 valence electrons. The lowest BCUT2D eigenvalue weighted by molar-refractivity contribution is -0.113. The average Bonchev–Trinajstić information content (AvgIpc) is 2.97. The fourth-order valence-corrected chi connectivity index (χ4v) is 2.21. The Morgan fingerprint density at radius 1 is 1.32 bits per heavy atom. The molecule has 6 nitrogen and oxygen atoms in total. The van der Waals surface area contributed by atoms with Crippen LogP contribution in [-0.4, -0.2) is 28.5 Å². The van der Waals surface area contributed by atoms with E-state index in [1.807, 2.05) is 32.9 Å². The van der Waals surface area contributed by atoms with E-state index >= 15 is 0 Å². The largest absolute Gasteiger partial charge is 0.494 e. The summed E-state index contributed by atoms with van der Waals surface area (Å²) in [6, 6.07) is 7.24. The zero-order valence-electron chi connectivity index (χ0n) is 12.8. The number of amides is 1. The Kier molecular flexibility index (Phi) is 5.83. The molecular formula is C15H19N3O3S. The minimum atomic E-state index is -0.126. The molecule has 0 aliphatic rings. The quantitative estimate of drug-likeness (QED) is 0.788. The first-order chi connectivity index (χ1) is 10.6. The minimum absolute atomic E-state index is 0.126. The van der Waals surface area contributed by atoms with Crippen molar-refractivity contribution in [2.45, 2.75) is 31.9 Å². The van der Waals surface area contributed by atoms with Crippen LogP contribution in [-0.2, 0) is 4.79 Å². The number of carbonyl (C=O) groups excluding carboxylic acids is 1. The molecule has 0 bridgehead atoms. The fraction of sp³-hybridized carbons (Fsp3) is 0.400. The van der Waals surface area contributed by atoms with Crippen molar-refractivity contribution in [3.8, 4) is 5.75 Å². The van der Waals surface area contributed by atoms with Gasteiger partial charge in [0.1, 0.15) is 5.75 Å². The maximum atomic E-state index is 11.9. The number of ether oxygens (including phenoxy) is 1. The highest BCUT2D eigenvalue weighted by Gasteiger charge is 2.12. The summed E-state index contributed by atoms with van der Waals surface area (Å²) in [5.74, 6) is 1.63. The summed E-state index contributed by atoms with van der Waals surface area (Å²) in [6.45, 7) is 6.49. The van der Waals surface area contributed by atoms with Crippen LogP contribution in [0.1, 0.15) is 32.6 Å². The van der Waals surface area contributed by atoms with Crippen LogP contribution in [0.3, 0.4) is 0 Å². The smallest absolute Gasteiger partial charge is 0.277 e. The molecule has 1 amide bonds. The molecule has 0 unspecified atom stereocenters. The van der Waals surface area contributed by atoms with Crippen molar-refractivity contribution in [1.29, 1.82) is 0 Å². The zero-order chi connectivity index (χ0) is 15.9. The Morgan fingerprint density at radius 2 is 2.05 bits per heavy atom. The third-order valence-electron chi connectivity index (χ3n) is 2.69. The second-order valence-electron chi connectivity index (χ2n) is 4.86. The molecule has 0 saturated heterocycles. The number of aromatic nitrogens is 2. The number of anilines is 1. The Labute approximate surface area is 133 Å². The number of carbonyl (C=O) groups is 1. The molecule has 1 N–H and O–H groups in total. The highest BCUT2D eigenvalue weighted by Crippen LogP contribution is 2.21. The Balaban J connectivity index is 1.81. The number of benzene rings is 1. The van der Waals surface area contributed by atoms with Crippen molar-refractivity contribution in [1.82, 2.24) is 10.2 Å². The highest BCUT2D eigenvalue weighted by atomic mass is 32.2. The normalized spacial score (nSPS) is 10.7. The standard InChI is InChI=1S/C15H19N3O3S/c1-4-20-12-7-5-11(6-8-12)16-13(19)9-22-15-18-17-14(21-15)10(2)3/h5-8,10H,4,9H2,1-3H3,(H,16,19). The van der Waals surface area contributed by atoms with Gasteiger partial charge in [0.25, 0.3) is 5.22 Å². The molecule has 22 heavy (non-hydrogen) atoms. The lowest BCUT2D eigenvalue weighted by Crippen LogP contribution is -2.13.